The number of carboxylic acid groups (broad SMARTS) is 1. The lowest BCUT2D eigenvalue weighted by Crippen LogP contribution is -2.63. The van der Waals surface area contributed by atoms with Crippen LogP contribution in [0.5, 0.6) is 0 Å². The molecule has 0 aromatic heterocycles. The number of nitrogens with zero attached hydrogens (tertiary/aromatic N) is 2. The van der Waals surface area contributed by atoms with Gasteiger partial charge in [0.2, 0.25) is 41.4 Å². The third kappa shape index (κ3) is 12.5. The quantitative estimate of drug-likeness (QED) is 0.0663. The number of hydrogen-bond acceptors (Lipinski definition) is 13. The maximum Gasteiger partial charge on any atom is 0.328 e. The molecule has 0 spiro atoms. The molecule has 0 radical (unpaired) electrons. The lowest BCUT2D eigenvalue weighted by atomic mass is 10.1. The summed E-state index contributed by atoms with van der Waals surface area (Å²) in [5.74, 6) is -7.33. The van der Waals surface area contributed by atoms with E-state index in [1.807, 2.05) is 5.32 Å². The van der Waals surface area contributed by atoms with E-state index in [4.69, 9.17) is 0 Å². The van der Waals surface area contributed by atoms with Crippen LogP contribution < -0.4 is 31.9 Å². The van der Waals surface area contributed by atoms with Crippen LogP contribution in [0.2, 0.25) is 0 Å². The number of carbonyl (C=O) groups excluding carboxylic acids is 8. The van der Waals surface area contributed by atoms with Gasteiger partial charge in [0.05, 0.1) is 31.4 Å². The van der Waals surface area contributed by atoms with Crippen molar-refractivity contribution < 1.29 is 63.6 Å². The van der Waals surface area contributed by atoms with Crippen LogP contribution in [0.25, 0.3) is 0 Å². The second-order valence-electron chi connectivity index (χ2n) is 13.6. The van der Waals surface area contributed by atoms with E-state index in [1.54, 1.807) is 0 Å². The van der Waals surface area contributed by atoms with Crippen LogP contribution in [-0.4, -0.2) is 164 Å². The molecule has 1 saturated heterocycles. The highest BCUT2D eigenvalue weighted by Gasteiger charge is 2.39. The number of carbonyl (C=O) groups is 9. The van der Waals surface area contributed by atoms with Crippen LogP contribution in [-0.2, 0) is 43.2 Å². The fourth-order valence-corrected chi connectivity index (χ4v) is 5.85. The van der Waals surface area contributed by atoms with Crippen LogP contribution >= 0.6 is 0 Å². The third-order valence-corrected chi connectivity index (χ3v) is 8.68. The van der Waals surface area contributed by atoms with Crippen molar-refractivity contribution in [3.05, 3.63) is 11.8 Å². The minimum Gasteiger partial charge on any atom is -0.480 e. The van der Waals surface area contributed by atoms with E-state index in [2.05, 4.69) is 26.6 Å². The molecule has 0 aliphatic carbocycles. The topological polar surface area (TPSA) is 313 Å². The molecule has 1 fully saturated rings. The number of rotatable bonds is 17. The third-order valence-electron chi connectivity index (χ3n) is 8.68. The molecule has 0 aromatic carbocycles. The first-order valence-electron chi connectivity index (χ1n) is 17.4. The molecular weight excluding hydrogens is 716 g/mol. The van der Waals surface area contributed by atoms with Gasteiger partial charge >= 0.3 is 5.97 Å². The monoisotopic (exact) mass is 768 g/mol. The summed E-state index contributed by atoms with van der Waals surface area (Å²) in [5, 5.41) is 53.6. The first kappa shape index (κ1) is 45.0. The van der Waals surface area contributed by atoms with Gasteiger partial charge in [-0.05, 0) is 54.4 Å². The molecule has 302 valence electrons. The van der Waals surface area contributed by atoms with Crippen molar-refractivity contribution in [1.82, 2.24) is 41.7 Å². The molecular formula is C33H52N8O13. The number of aliphatic carboxylic acids is 1. The zero-order valence-corrected chi connectivity index (χ0v) is 31.2. The number of carboxylic acids is 1. The molecule has 0 unspecified atom stereocenters. The van der Waals surface area contributed by atoms with Gasteiger partial charge in [0.1, 0.15) is 36.3 Å². The number of amides is 7. The zero-order chi connectivity index (χ0) is 41.2. The molecule has 0 bridgehead atoms. The number of aliphatic hydroxyl groups is 3. The van der Waals surface area contributed by atoms with E-state index in [9.17, 15) is 63.6 Å². The first-order chi connectivity index (χ1) is 25.0. The van der Waals surface area contributed by atoms with Gasteiger partial charge in [0.15, 0.2) is 11.8 Å². The van der Waals surface area contributed by atoms with Gasteiger partial charge in [-0.2, -0.15) is 0 Å². The second-order valence-corrected chi connectivity index (χ2v) is 13.6. The van der Waals surface area contributed by atoms with Crippen molar-refractivity contribution in [3.63, 3.8) is 0 Å². The van der Waals surface area contributed by atoms with E-state index in [0.717, 1.165) is 20.8 Å². The van der Waals surface area contributed by atoms with Crippen molar-refractivity contribution in [1.29, 1.82) is 0 Å². The Hall–Kier alpha value is -5.15. The Morgan fingerprint density at radius 3 is 1.70 bits per heavy atom. The maximum absolute atomic E-state index is 13.5. The van der Waals surface area contributed by atoms with E-state index < -0.39 is 114 Å². The largest absolute Gasteiger partial charge is 0.480 e. The molecule has 21 nitrogen and oxygen atoms in total. The molecule has 2 heterocycles. The van der Waals surface area contributed by atoms with Crippen molar-refractivity contribution in [3.8, 4) is 0 Å². The predicted molar refractivity (Wildman–Crippen MR) is 186 cm³/mol. The van der Waals surface area contributed by atoms with Gasteiger partial charge < -0.3 is 62.1 Å². The molecule has 0 saturated carbocycles. The minimum atomic E-state index is -1.77. The highest BCUT2D eigenvalue weighted by atomic mass is 16.4. The summed E-state index contributed by atoms with van der Waals surface area (Å²) in [5.41, 5.74) is 0.280. The molecule has 54 heavy (non-hydrogen) atoms. The predicted octanol–water partition coefficient (Wildman–Crippen LogP) is -5.04. The van der Waals surface area contributed by atoms with Crippen molar-refractivity contribution in [2.75, 3.05) is 19.6 Å². The number of ketones is 1. The molecule has 2 aliphatic heterocycles. The average Bonchev–Trinajstić information content (AvgIpc) is 3.56. The Morgan fingerprint density at radius 2 is 1.20 bits per heavy atom. The molecule has 2 rings (SSSR count). The van der Waals surface area contributed by atoms with E-state index in [1.165, 1.54) is 43.6 Å². The van der Waals surface area contributed by atoms with Crippen LogP contribution in [0.4, 0.5) is 0 Å². The van der Waals surface area contributed by atoms with Crippen molar-refractivity contribution >= 4 is 53.1 Å². The van der Waals surface area contributed by atoms with Crippen LogP contribution in [0.3, 0.4) is 0 Å². The first-order valence-corrected chi connectivity index (χ1v) is 17.4. The Kier molecular flexibility index (Phi) is 16.5. The lowest BCUT2D eigenvalue weighted by molar-refractivity contribution is -0.146. The summed E-state index contributed by atoms with van der Waals surface area (Å²) in [4.78, 5) is 116. The standard InChI is InChI=1S/C33H52N8O13/c1-14(27(47)37-24(17(4)42)29(49)38-25(18(5)43)30(50)39-26(19(6)44)33(53)54)36-28(48)23-9-8-10-41(23)32(52)16(3)35-21-11-22(46)13-40(12-21)31(51)15(2)34-20(7)45/h11,14-19,23-26,35,42-44H,8-10,12-13H2,1-7H3,(H,34,45)(H,36,48)(H,37,47)(H,38,49)(H,39,50)(H,53,54)/t14-,15-,16-,17+,18+,19+,23+,24-,25-,26-/m0/s1. The molecule has 7 amide bonds. The Balaban J connectivity index is 2.05. The number of aliphatic hydroxyl groups excluding tert-OH is 3. The second kappa shape index (κ2) is 19.8. The number of likely N-dealkylation sites (tertiary alicyclic amines) is 1. The summed E-state index contributed by atoms with van der Waals surface area (Å²) < 4.78 is 0. The highest BCUT2D eigenvalue weighted by Crippen LogP contribution is 2.20. The van der Waals surface area contributed by atoms with Gasteiger partial charge in [-0.3, -0.25) is 38.4 Å². The average molecular weight is 769 g/mol. The highest BCUT2D eigenvalue weighted by molar-refractivity contribution is 5.98. The molecule has 10 N–H and O–H groups in total. The van der Waals surface area contributed by atoms with Gasteiger partial charge in [0.25, 0.3) is 0 Å². The van der Waals surface area contributed by atoms with E-state index in [0.29, 0.717) is 6.42 Å². The lowest BCUT2D eigenvalue weighted by Gasteiger charge is -2.32. The Morgan fingerprint density at radius 1 is 0.685 bits per heavy atom. The summed E-state index contributed by atoms with van der Waals surface area (Å²) in [6.45, 7) is 8.87. The summed E-state index contributed by atoms with van der Waals surface area (Å²) >= 11 is 0. The Bertz CT molecular complexity index is 1500. The Labute approximate surface area is 311 Å². The molecule has 10 atom stereocenters. The van der Waals surface area contributed by atoms with E-state index in [-0.39, 0.29) is 31.8 Å². The van der Waals surface area contributed by atoms with Crippen LogP contribution in [0, 0.1) is 0 Å². The van der Waals surface area contributed by atoms with Gasteiger partial charge in [-0.25, -0.2) is 4.79 Å². The fraction of sp³-hybridized carbons (Fsp3) is 0.667. The normalized spacial score (nSPS) is 20.7. The maximum atomic E-state index is 13.5. The van der Waals surface area contributed by atoms with E-state index >= 15 is 0 Å². The number of nitrogens with one attached hydrogen (secondary N) is 6. The van der Waals surface area contributed by atoms with Gasteiger partial charge in [-0.1, -0.05) is 0 Å². The number of hydrogen-bond donors (Lipinski definition) is 10. The smallest absolute Gasteiger partial charge is 0.328 e. The van der Waals surface area contributed by atoms with Crippen LogP contribution in [0.1, 0.15) is 61.3 Å². The SMILES string of the molecule is CC(=O)N[C@@H](C)C(=O)N1CC(=O)C=C(N[C@@H](C)C(=O)N2CCC[C@@H]2C(=O)N[C@@H](C)C(=O)N[C@H](C(=O)N[C@H](C(=O)N[C@H](C(=O)O)[C@@H](C)O)[C@@H](C)O)[C@@H](C)O)C1. The van der Waals surface area contributed by atoms with Gasteiger partial charge in [-0.15, -0.1) is 0 Å². The fourth-order valence-electron chi connectivity index (χ4n) is 5.85. The molecule has 21 heteroatoms. The van der Waals surface area contributed by atoms with Gasteiger partial charge in [0, 0.05) is 25.2 Å². The summed E-state index contributed by atoms with van der Waals surface area (Å²) in [6.07, 6.45) is -2.69. The van der Waals surface area contributed by atoms with Crippen LogP contribution in [0.15, 0.2) is 11.8 Å². The summed E-state index contributed by atoms with van der Waals surface area (Å²) in [6, 6.07) is -9.36. The van der Waals surface area contributed by atoms with Crippen molar-refractivity contribution in [2.45, 2.75) is 122 Å². The van der Waals surface area contributed by atoms with Crippen molar-refractivity contribution in [2.24, 2.45) is 0 Å². The summed E-state index contributed by atoms with van der Waals surface area (Å²) in [7, 11) is 0. The molecule has 2 aliphatic rings. The minimum absolute atomic E-state index is 0.0325. The zero-order valence-electron chi connectivity index (χ0n) is 31.2. The molecule has 0 aromatic rings.